The first kappa shape index (κ1) is 26.1. The van der Waals surface area contributed by atoms with Gasteiger partial charge >= 0.3 is 6.18 Å². The lowest BCUT2D eigenvalue weighted by Gasteiger charge is -2.32. The van der Waals surface area contributed by atoms with Crippen molar-refractivity contribution in [3.8, 4) is 0 Å². The molecule has 1 aromatic carbocycles. The normalized spacial score (nSPS) is 24.7. The molecule has 12 heteroatoms. The van der Waals surface area contributed by atoms with E-state index < -0.39 is 29.0 Å². The fourth-order valence-electron chi connectivity index (χ4n) is 7.12. The van der Waals surface area contributed by atoms with Crippen molar-refractivity contribution in [1.82, 2.24) is 30.0 Å². The molecule has 5 heterocycles. The summed E-state index contributed by atoms with van der Waals surface area (Å²) >= 11 is 0. The Morgan fingerprint density at radius 2 is 1.86 bits per heavy atom. The van der Waals surface area contributed by atoms with E-state index in [9.17, 15) is 22.8 Å². The number of aromatic nitrogens is 5. The average Bonchev–Trinajstić information content (AvgIpc) is 3.45. The van der Waals surface area contributed by atoms with Crippen LogP contribution < -0.4 is 10.6 Å². The van der Waals surface area contributed by atoms with Crippen molar-refractivity contribution in [3.05, 3.63) is 101 Å². The number of hydrogen-bond acceptors (Lipinski definition) is 6. The maximum atomic E-state index is 14.1. The number of anilines is 1. The van der Waals surface area contributed by atoms with Gasteiger partial charge in [0.1, 0.15) is 17.1 Å². The molecule has 2 aliphatic heterocycles. The predicted molar refractivity (Wildman–Crippen MR) is 147 cm³/mol. The number of amides is 2. The Kier molecular flexibility index (Phi) is 5.42. The van der Waals surface area contributed by atoms with Gasteiger partial charge in [-0.15, -0.1) is 10.2 Å². The Morgan fingerprint density at radius 1 is 1.05 bits per heavy atom. The summed E-state index contributed by atoms with van der Waals surface area (Å²) in [5, 5.41) is 14.1. The molecule has 218 valence electrons. The number of benzene rings is 1. The number of carbonyl (C=O) groups is 2. The molecule has 2 N–H and O–H groups in total. The van der Waals surface area contributed by atoms with Gasteiger partial charge in [-0.1, -0.05) is 36.4 Å². The molecule has 3 atom stereocenters. The van der Waals surface area contributed by atoms with E-state index in [1.807, 2.05) is 36.4 Å². The molecule has 2 aliphatic carbocycles. The van der Waals surface area contributed by atoms with Crippen LogP contribution in [-0.4, -0.2) is 42.7 Å². The summed E-state index contributed by atoms with van der Waals surface area (Å²) in [5.74, 6) is 0.0912. The summed E-state index contributed by atoms with van der Waals surface area (Å²) in [6.45, 7) is 0.298. The number of carbonyl (C=O) groups excluding carboxylic acids is 2. The summed E-state index contributed by atoms with van der Waals surface area (Å²) < 4.78 is 43.9. The minimum atomic E-state index is -4.44. The van der Waals surface area contributed by atoms with E-state index in [0.29, 0.717) is 43.0 Å². The molecule has 1 fully saturated rings. The molecule has 0 bridgehead atoms. The molecule has 8 rings (SSSR count). The van der Waals surface area contributed by atoms with Crippen molar-refractivity contribution in [3.63, 3.8) is 0 Å². The summed E-state index contributed by atoms with van der Waals surface area (Å²) in [5.41, 5.74) is 0.838. The van der Waals surface area contributed by atoms with Crippen molar-refractivity contribution >= 4 is 17.6 Å². The summed E-state index contributed by atoms with van der Waals surface area (Å²) in [6.07, 6.45) is -0.119. The molecule has 1 spiro atoms. The third-order valence-corrected chi connectivity index (χ3v) is 9.58. The lowest BCUT2D eigenvalue weighted by Crippen LogP contribution is -2.38. The number of pyridine rings is 2. The molecule has 9 nitrogen and oxygen atoms in total. The predicted octanol–water partition coefficient (Wildman–Crippen LogP) is 4.31. The minimum absolute atomic E-state index is 0.0253. The van der Waals surface area contributed by atoms with Gasteiger partial charge in [0, 0.05) is 42.5 Å². The third-order valence-electron chi connectivity index (χ3n) is 9.58. The van der Waals surface area contributed by atoms with Crippen molar-refractivity contribution in [2.45, 2.75) is 67.6 Å². The first-order valence-electron chi connectivity index (χ1n) is 14.3. The van der Waals surface area contributed by atoms with Gasteiger partial charge in [-0.2, -0.15) is 13.2 Å². The van der Waals surface area contributed by atoms with Crippen LogP contribution in [0, 0.1) is 0 Å². The van der Waals surface area contributed by atoms with Crippen LogP contribution in [0.5, 0.6) is 0 Å². The molecular formula is C31H26F3N7O2. The van der Waals surface area contributed by atoms with Crippen LogP contribution in [0.2, 0.25) is 0 Å². The maximum Gasteiger partial charge on any atom is 0.401 e. The number of halogens is 3. The molecule has 4 aliphatic rings. The Balaban J connectivity index is 1.10. The van der Waals surface area contributed by atoms with E-state index in [1.54, 1.807) is 22.9 Å². The smallest absolute Gasteiger partial charge is 0.342 e. The van der Waals surface area contributed by atoms with Crippen LogP contribution in [0.4, 0.5) is 19.0 Å². The van der Waals surface area contributed by atoms with Crippen molar-refractivity contribution < 1.29 is 22.8 Å². The molecule has 2 amide bonds. The molecule has 4 aromatic rings. The zero-order valence-electron chi connectivity index (χ0n) is 22.9. The van der Waals surface area contributed by atoms with E-state index in [-0.39, 0.29) is 30.5 Å². The second kappa shape index (κ2) is 8.95. The van der Waals surface area contributed by atoms with Gasteiger partial charge in [-0.05, 0) is 48.9 Å². The van der Waals surface area contributed by atoms with Gasteiger partial charge in [0.25, 0.3) is 5.91 Å². The molecule has 1 saturated carbocycles. The maximum absolute atomic E-state index is 14.1. The van der Waals surface area contributed by atoms with E-state index in [1.165, 1.54) is 6.20 Å². The highest BCUT2D eigenvalue weighted by molar-refractivity contribution is 6.06. The fourth-order valence-corrected chi connectivity index (χ4v) is 7.12. The van der Waals surface area contributed by atoms with E-state index in [4.69, 9.17) is 0 Å². The number of rotatable bonds is 4. The SMILES string of the molecule is O=C(N[C@H]1C[C@@H](c2ccccc2)Cn2c1nnc2C1(C(F)(F)F)CC1)c1cnc2c(c1)CC1(C2)C(=O)Nc2ncccc21. The second-order valence-electron chi connectivity index (χ2n) is 12.1. The first-order valence-corrected chi connectivity index (χ1v) is 14.3. The zero-order valence-corrected chi connectivity index (χ0v) is 22.9. The van der Waals surface area contributed by atoms with Gasteiger partial charge in [0.15, 0.2) is 5.82 Å². The van der Waals surface area contributed by atoms with E-state index in [0.717, 1.165) is 22.4 Å². The highest BCUT2D eigenvalue weighted by Crippen LogP contribution is 2.59. The van der Waals surface area contributed by atoms with Gasteiger partial charge in [-0.25, -0.2) is 4.98 Å². The zero-order chi connectivity index (χ0) is 29.6. The molecule has 43 heavy (non-hydrogen) atoms. The number of nitrogens with one attached hydrogen (secondary N) is 2. The Labute approximate surface area is 244 Å². The second-order valence-corrected chi connectivity index (χ2v) is 12.1. The van der Waals surface area contributed by atoms with Crippen LogP contribution in [-0.2, 0) is 35.0 Å². The minimum Gasteiger partial charge on any atom is -0.342 e. The number of hydrogen-bond donors (Lipinski definition) is 2. The molecule has 0 radical (unpaired) electrons. The molecule has 3 aromatic heterocycles. The largest absolute Gasteiger partial charge is 0.401 e. The topological polar surface area (TPSA) is 115 Å². The Morgan fingerprint density at radius 3 is 2.63 bits per heavy atom. The molecule has 0 saturated heterocycles. The van der Waals surface area contributed by atoms with E-state index >= 15 is 0 Å². The molecule has 1 unspecified atom stereocenters. The van der Waals surface area contributed by atoms with Crippen LogP contribution in [0.3, 0.4) is 0 Å². The first-order chi connectivity index (χ1) is 20.7. The van der Waals surface area contributed by atoms with Crippen molar-refractivity contribution in [2.24, 2.45) is 0 Å². The highest BCUT2D eigenvalue weighted by atomic mass is 19.4. The summed E-state index contributed by atoms with van der Waals surface area (Å²) in [4.78, 5) is 35.6. The lowest BCUT2D eigenvalue weighted by molar-refractivity contribution is -0.163. The van der Waals surface area contributed by atoms with Gasteiger partial charge < -0.3 is 15.2 Å². The summed E-state index contributed by atoms with van der Waals surface area (Å²) in [6, 6.07) is 14.4. The number of nitrogens with zero attached hydrogens (tertiary/aromatic N) is 5. The van der Waals surface area contributed by atoms with Gasteiger partial charge in [0.05, 0.1) is 17.0 Å². The average molecular weight is 586 g/mol. The Hall–Kier alpha value is -4.61. The summed E-state index contributed by atoms with van der Waals surface area (Å²) in [7, 11) is 0. The standard InChI is InChI=1S/C31H26F3N7O2/c32-31(33,34)30(8-9-30)27-40-39-25-22(12-20(16-41(25)27)17-5-2-1-3-6-17)37-26(42)19-11-18-13-29(14-23(18)36-15-19)21-7-4-10-35-24(21)38-28(29)43/h1-7,10-11,15,20,22H,8-9,12-14,16H2,(H,37,42)(H,35,38,43)/t20-,22+,29?/m1/s1. The molecular weight excluding hydrogens is 559 g/mol. The van der Waals surface area contributed by atoms with Crippen molar-refractivity contribution in [1.29, 1.82) is 0 Å². The fraction of sp³-hybridized carbons (Fsp3) is 0.355. The van der Waals surface area contributed by atoms with Crippen molar-refractivity contribution in [2.75, 3.05) is 5.32 Å². The van der Waals surface area contributed by atoms with Crippen LogP contribution in [0.25, 0.3) is 0 Å². The monoisotopic (exact) mass is 585 g/mol. The quantitative estimate of drug-likeness (QED) is 0.369. The van der Waals surface area contributed by atoms with Gasteiger partial charge in [-0.3, -0.25) is 14.6 Å². The Bertz CT molecular complexity index is 1800. The van der Waals surface area contributed by atoms with Crippen LogP contribution in [0.1, 0.15) is 75.6 Å². The highest BCUT2D eigenvalue weighted by Gasteiger charge is 2.67. The van der Waals surface area contributed by atoms with Gasteiger partial charge in [0.2, 0.25) is 5.91 Å². The number of alkyl halides is 3. The van der Waals surface area contributed by atoms with Crippen LogP contribution in [0.15, 0.2) is 60.9 Å². The number of fused-ring (bicyclic) bond motifs is 4. The van der Waals surface area contributed by atoms with E-state index in [2.05, 4.69) is 30.8 Å². The third kappa shape index (κ3) is 3.84. The van der Waals surface area contributed by atoms with Crippen LogP contribution >= 0.6 is 0 Å². The lowest BCUT2D eigenvalue weighted by atomic mass is 9.80.